The maximum absolute atomic E-state index is 11.9. The zero-order valence-electron chi connectivity index (χ0n) is 14.9. The molecule has 0 fully saturated rings. The van der Waals surface area contributed by atoms with Crippen molar-refractivity contribution in [2.24, 2.45) is 0 Å². The zero-order valence-corrected chi connectivity index (χ0v) is 14.9. The van der Waals surface area contributed by atoms with Gasteiger partial charge in [-0.2, -0.15) is 0 Å². The third kappa shape index (κ3) is 4.78. The summed E-state index contributed by atoms with van der Waals surface area (Å²) in [5.41, 5.74) is 2.35. The molecule has 2 N–H and O–H groups in total. The number of rotatable bonds is 7. The number of hydrogen-bond donors (Lipinski definition) is 2. The molecule has 138 valence electrons. The molecule has 1 unspecified atom stereocenters. The lowest BCUT2D eigenvalue weighted by molar-refractivity contribution is -0.110. The van der Waals surface area contributed by atoms with Crippen LogP contribution in [0.4, 0.5) is 4.79 Å². The highest BCUT2D eigenvalue weighted by Gasteiger charge is 2.14. The van der Waals surface area contributed by atoms with Crippen molar-refractivity contribution in [1.82, 2.24) is 20.6 Å². The minimum absolute atomic E-state index is 0.124. The SMILES string of the molecule is CC(NC=O)c1nc(CNC(=O)OCc2ccccc2)nc2ccccc12. The van der Waals surface area contributed by atoms with Gasteiger partial charge in [0, 0.05) is 5.39 Å². The molecule has 0 aliphatic carbocycles. The topological polar surface area (TPSA) is 93.2 Å². The van der Waals surface area contributed by atoms with Crippen molar-refractivity contribution in [3.05, 3.63) is 71.7 Å². The van der Waals surface area contributed by atoms with Crippen molar-refractivity contribution < 1.29 is 14.3 Å². The quantitative estimate of drug-likeness (QED) is 0.629. The van der Waals surface area contributed by atoms with Gasteiger partial charge in [0.15, 0.2) is 0 Å². The Balaban J connectivity index is 1.69. The molecule has 7 heteroatoms. The standard InChI is InChI=1S/C20H20N4O3/c1-14(22-13-25)19-16-9-5-6-10-17(16)23-18(24-19)11-21-20(26)27-12-15-7-3-2-4-8-15/h2-10,13-14H,11-12H2,1H3,(H,21,26)(H,22,25). The Kier molecular flexibility index (Phi) is 5.94. The number of carbonyl (C=O) groups is 2. The summed E-state index contributed by atoms with van der Waals surface area (Å²) >= 11 is 0. The number of amides is 2. The van der Waals surface area contributed by atoms with Crippen LogP contribution in [-0.2, 0) is 22.7 Å². The number of alkyl carbamates (subject to hydrolysis) is 1. The zero-order chi connectivity index (χ0) is 19.1. The van der Waals surface area contributed by atoms with Crippen LogP contribution in [0.3, 0.4) is 0 Å². The van der Waals surface area contributed by atoms with Crippen molar-refractivity contribution >= 4 is 23.4 Å². The molecule has 0 radical (unpaired) electrons. The van der Waals surface area contributed by atoms with Gasteiger partial charge in [0.25, 0.3) is 0 Å². The predicted octanol–water partition coefficient (Wildman–Crippen LogP) is 2.86. The van der Waals surface area contributed by atoms with Gasteiger partial charge in [-0.05, 0) is 18.6 Å². The van der Waals surface area contributed by atoms with Gasteiger partial charge >= 0.3 is 6.09 Å². The van der Waals surface area contributed by atoms with Crippen molar-refractivity contribution in [3.63, 3.8) is 0 Å². The number of aromatic nitrogens is 2. The maximum atomic E-state index is 11.9. The molecule has 0 saturated heterocycles. The first-order valence-electron chi connectivity index (χ1n) is 8.57. The second-order valence-electron chi connectivity index (χ2n) is 5.96. The Morgan fingerprint density at radius 3 is 2.63 bits per heavy atom. The third-order valence-corrected chi connectivity index (χ3v) is 4.01. The van der Waals surface area contributed by atoms with Crippen molar-refractivity contribution in [2.45, 2.75) is 26.1 Å². The fourth-order valence-corrected chi connectivity index (χ4v) is 2.67. The molecule has 2 aromatic carbocycles. The number of para-hydroxylation sites is 1. The van der Waals surface area contributed by atoms with Crippen LogP contribution in [0.15, 0.2) is 54.6 Å². The molecule has 0 bridgehead atoms. The molecular weight excluding hydrogens is 344 g/mol. The van der Waals surface area contributed by atoms with E-state index < -0.39 is 6.09 Å². The molecule has 0 saturated carbocycles. The van der Waals surface area contributed by atoms with E-state index in [1.54, 1.807) is 0 Å². The number of ether oxygens (including phenoxy) is 1. The first-order chi connectivity index (χ1) is 13.2. The van der Waals surface area contributed by atoms with Crippen LogP contribution in [0.5, 0.6) is 0 Å². The molecule has 27 heavy (non-hydrogen) atoms. The van der Waals surface area contributed by atoms with Gasteiger partial charge in [-0.1, -0.05) is 48.5 Å². The number of hydrogen-bond acceptors (Lipinski definition) is 5. The van der Waals surface area contributed by atoms with Crippen LogP contribution >= 0.6 is 0 Å². The van der Waals surface area contributed by atoms with Crippen molar-refractivity contribution in [2.75, 3.05) is 0 Å². The summed E-state index contributed by atoms with van der Waals surface area (Å²) in [4.78, 5) is 31.7. The number of carbonyl (C=O) groups excluding carboxylic acids is 2. The van der Waals surface area contributed by atoms with E-state index in [-0.39, 0.29) is 19.2 Å². The monoisotopic (exact) mass is 364 g/mol. The molecule has 2 amide bonds. The predicted molar refractivity (Wildman–Crippen MR) is 101 cm³/mol. The van der Waals surface area contributed by atoms with E-state index in [1.807, 2.05) is 61.5 Å². The normalized spacial score (nSPS) is 11.6. The van der Waals surface area contributed by atoms with E-state index in [4.69, 9.17) is 4.74 Å². The highest BCUT2D eigenvalue weighted by Crippen LogP contribution is 2.21. The molecule has 1 aromatic heterocycles. The van der Waals surface area contributed by atoms with E-state index in [0.717, 1.165) is 16.5 Å². The molecule has 1 atom stereocenters. The minimum atomic E-state index is -0.545. The van der Waals surface area contributed by atoms with Crippen LogP contribution in [-0.4, -0.2) is 22.5 Å². The molecule has 1 heterocycles. The van der Waals surface area contributed by atoms with Crippen LogP contribution in [0, 0.1) is 0 Å². The Labute approximate surface area is 156 Å². The third-order valence-electron chi connectivity index (χ3n) is 4.01. The lowest BCUT2D eigenvalue weighted by atomic mass is 10.1. The number of fused-ring (bicyclic) bond motifs is 1. The molecule has 3 aromatic rings. The molecule has 0 aliphatic heterocycles. The minimum Gasteiger partial charge on any atom is -0.445 e. The Morgan fingerprint density at radius 1 is 1.11 bits per heavy atom. The van der Waals surface area contributed by atoms with Crippen LogP contribution in [0.2, 0.25) is 0 Å². The highest BCUT2D eigenvalue weighted by atomic mass is 16.5. The highest BCUT2D eigenvalue weighted by molar-refractivity contribution is 5.81. The molecule has 3 rings (SSSR count). The Bertz CT molecular complexity index is 931. The van der Waals surface area contributed by atoms with Gasteiger partial charge in [0.05, 0.1) is 23.8 Å². The van der Waals surface area contributed by atoms with E-state index in [0.29, 0.717) is 17.9 Å². The van der Waals surface area contributed by atoms with Crippen molar-refractivity contribution in [1.29, 1.82) is 0 Å². The molecule has 7 nitrogen and oxygen atoms in total. The molecule has 0 spiro atoms. The van der Waals surface area contributed by atoms with Gasteiger partial charge in [-0.15, -0.1) is 0 Å². The summed E-state index contributed by atoms with van der Waals surface area (Å²) in [6.07, 6.45) is 0.0941. The van der Waals surface area contributed by atoms with E-state index in [1.165, 1.54) is 0 Å². The summed E-state index contributed by atoms with van der Waals surface area (Å²) in [6, 6.07) is 16.7. The summed E-state index contributed by atoms with van der Waals surface area (Å²) in [5, 5.41) is 6.21. The average molecular weight is 364 g/mol. The lowest BCUT2D eigenvalue weighted by Crippen LogP contribution is -2.25. The first-order valence-corrected chi connectivity index (χ1v) is 8.57. The largest absolute Gasteiger partial charge is 0.445 e. The smallest absolute Gasteiger partial charge is 0.407 e. The summed E-state index contributed by atoms with van der Waals surface area (Å²) < 4.78 is 5.19. The number of benzene rings is 2. The maximum Gasteiger partial charge on any atom is 0.407 e. The summed E-state index contributed by atoms with van der Waals surface area (Å²) in [6.45, 7) is 2.16. The van der Waals surface area contributed by atoms with Gasteiger partial charge in [-0.3, -0.25) is 4.79 Å². The molecule has 0 aliphatic rings. The fraction of sp³-hybridized carbons (Fsp3) is 0.200. The summed E-state index contributed by atoms with van der Waals surface area (Å²) in [7, 11) is 0. The van der Waals surface area contributed by atoms with Gasteiger partial charge in [-0.25, -0.2) is 14.8 Å². The fourth-order valence-electron chi connectivity index (χ4n) is 2.67. The average Bonchev–Trinajstić information content (AvgIpc) is 2.71. The Hall–Kier alpha value is -3.48. The second-order valence-corrected chi connectivity index (χ2v) is 5.96. The van der Waals surface area contributed by atoms with Gasteiger partial charge in [0.2, 0.25) is 6.41 Å². The van der Waals surface area contributed by atoms with Crippen molar-refractivity contribution in [3.8, 4) is 0 Å². The molecular formula is C20H20N4O3. The van der Waals surface area contributed by atoms with Crippen LogP contribution < -0.4 is 10.6 Å². The van der Waals surface area contributed by atoms with E-state index >= 15 is 0 Å². The lowest BCUT2D eigenvalue weighted by Gasteiger charge is -2.14. The van der Waals surface area contributed by atoms with Gasteiger partial charge in [0.1, 0.15) is 12.4 Å². The Morgan fingerprint density at radius 2 is 1.85 bits per heavy atom. The number of nitrogens with zero attached hydrogens (tertiary/aromatic N) is 2. The first kappa shape index (κ1) is 18.3. The summed E-state index contributed by atoms with van der Waals surface area (Å²) in [5.74, 6) is 0.444. The van der Waals surface area contributed by atoms with Gasteiger partial charge < -0.3 is 15.4 Å². The van der Waals surface area contributed by atoms with Crippen LogP contribution in [0.1, 0.15) is 30.0 Å². The number of nitrogens with one attached hydrogen (secondary N) is 2. The van der Waals surface area contributed by atoms with E-state index in [9.17, 15) is 9.59 Å². The van der Waals surface area contributed by atoms with E-state index in [2.05, 4.69) is 20.6 Å². The van der Waals surface area contributed by atoms with Crippen LogP contribution in [0.25, 0.3) is 10.9 Å². The second kappa shape index (κ2) is 8.75.